The summed E-state index contributed by atoms with van der Waals surface area (Å²) >= 11 is 1.20. The largest absolute Gasteiger partial charge is 0.486 e. The molecule has 0 unspecified atom stereocenters. The van der Waals surface area contributed by atoms with Gasteiger partial charge < -0.3 is 10.1 Å². The molecule has 0 aliphatic heterocycles. The van der Waals surface area contributed by atoms with E-state index in [4.69, 9.17) is 4.74 Å². The number of halogens is 3. The number of thioether (sulfide) groups is 1. The lowest BCUT2D eigenvalue weighted by molar-refractivity contribution is -0.137. The van der Waals surface area contributed by atoms with Crippen molar-refractivity contribution in [2.45, 2.75) is 44.2 Å². The van der Waals surface area contributed by atoms with Gasteiger partial charge in [-0.25, -0.2) is 0 Å². The molecule has 0 fully saturated rings. The summed E-state index contributed by atoms with van der Waals surface area (Å²) in [4.78, 5) is 12.4. The number of hydrogen-bond donors (Lipinski definition) is 1. The van der Waals surface area contributed by atoms with Gasteiger partial charge in [-0.05, 0) is 41.8 Å². The maximum atomic E-state index is 12.9. The first-order valence-corrected chi connectivity index (χ1v) is 11.5. The molecule has 3 rings (SSSR count). The molecule has 0 atom stereocenters. The van der Waals surface area contributed by atoms with Gasteiger partial charge in [-0.15, -0.1) is 16.8 Å². The smallest absolute Gasteiger partial charge is 0.416 e. The normalized spacial score (nSPS) is 11.5. The molecule has 1 amide bonds. The Morgan fingerprint density at radius 1 is 1.21 bits per heavy atom. The number of nitrogens with one attached hydrogen (secondary N) is 1. The summed E-state index contributed by atoms with van der Waals surface area (Å²) in [6.07, 6.45) is -2.82. The predicted octanol–water partition coefficient (Wildman–Crippen LogP) is 5.92. The number of benzene rings is 2. The van der Waals surface area contributed by atoms with Crippen molar-refractivity contribution in [3.05, 3.63) is 78.1 Å². The van der Waals surface area contributed by atoms with Crippen molar-refractivity contribution in [3.8, 4) is 5.75 Å². The van der Waals surface area contributed by atoms with Crippen LogP contribution in [0.1, 0.15) is 36.7 Å². The molecule has 0 spiro atoms. The van der Waals surface area contributed by atoms with Crippen molar-refractivity contribution in [1.29, 1.82) is 0 Å². The van der Waals surface area contributed by atoms with Crippen LogP contribution in [0.3, 0.4) is 0 Å². The molecule has 10 heteroatoms. The van der Waals surface area contributed by atoms with Crippen molar-refractivity contribution in [2.24, 2.45) is 0 Å². The molecule has 1 N–H and O–H groups in total. The molecule has 0 radical (unpaired) electrons. The molecule has 1 heterocycles. The summed E-state index contributed by atoms with van der Waals surface area (Å²) < 4.78 is 45.9. The first-order valence-electron chi connectivity index (χ1n) is 10.5. The van der Waals surface area contributed by atoms with Gasteiger partial charge in [0.05, 0.1) is 11.3 Å². The second kappa shape index (κ2) is 11.2. The van der Waals surface area contributed by atoms with Gasteiger partial charge in [0.1, 0.15) is 12.4 Å². The van der Waals surface area contributed by atoms with Gasteiger partial charge in [-0.1, -0.05) is 49.9 Å². The van der Waals surface area contributed by atoms with Crippen molar-refractivity contribution >= 4 is 23.4 Å². The standard InChI is InChI=1S/C24H25F3N4O2S/c1-4-12-31-21(14-33-20-7-5-6-18(13-20)24(25,26)27)29-30-23(31)34-15-22(32)28-19-10-8-17(9-11-19)16(2)3/h4-11,13,16H,1,12,14-15H2,2-3H3,(H,28,32). The molecule has 6 nitrogen and oxygen atoms in total. The molecule has 0 bridgehead atoms. The SMILES string of the molecule is C=CCn1c(COc2cccc(C(F)(F)F)c2)nnc1SCC(=O)Nc1ccc(C(C)C)cc1. The molecular formula is C24H25F3N4O2S. The van der Waals surface area contributed by atoms with E-state index in [1.807, 2.05) is 24.3 Å². The third-order valence-electron chi connectivity index (χ3n) is 4.83. The van der Waals surface area contributed by atoms with Crippen LogP contribution in [0.15, 0.2) is 66.3 Å². The molecule has 0 saturated heterocycles. The van der Waals surface area contributed by atoms with Crippen LogP contribution in [0, 0.1) is 0 Å². The van der Waals surface area contributed by atoms with Crippen LogP contribution in [0.25, 0.3) is 0 Å². The quantitative estimate of drug-likeness (QED) is 0.282. The molecule has 1 aromatic heterocycles. The predicted molar refractivity (Wildman–Crippen MR) is 126 cm³/mol. The summed E-state index contributed by atoms with van der Waals surface area (Å²) in [5, 5.41) is 11.5. The Morgan fingerprint density at radius 3 is 2.59 bits per heavy atom. The number of alkyl halides is 3. The molecule has 34 heavy (non-hydrogen) atoms. The summed E-state index contributed by atoms with van der Waals surface area (Å²) in [5.74, 6) is 0.792. The Balaban J connectivity index is 1.61. The summed E-state index contributed by atoms with van der Waals surface area (Å²) in [6.45, 7) is 8.18. The number of carbonyl (C=O) groups excluding carboxylic acids is 1. The zero-order valence-electron chi connectivity index (χ0n) is 18.8. The van der Waals surface area contributed by atoms with E-state index in [0.717, 1.165) is 12.1 Å². The minimum atomic E-state index is -4.46. The summed E-state index contributed by atoms with van der Waals surface area (Å²) in [6, 6.07) is 12.3. The highest BCUT2D eigenvalue weighted by atomic mass is 32.2. The van der Waals surface area contributed by atoms with E-state index >= 15 is 0 Å². The van der Waals surface area contributed by atoms with Crippen LogP contribution in [0.2, 0.25) is 0 Å². The number of nitrogens with zero attached hydrogens (tertiary/aromatic N) is 3. The van der Waals surface area contributed by atoms with Crippen LogP contribution in [-0.4, -0.2) is 26.4 Å². The van der Waals surface area contributed by atoms with E-state index in [0.29, 0.717) is 29.1 Å². The highest BCUT2D eigenvalue weighted by Crippen LogP contribution is 2.31. The third-order valence-corrected chi connectivity index (χ3v) is 5.79. The first kappa shape index (κ1) is 25.4. The average Bonchev–Trinajstić information content (AvgIpc) is 3.18. The fraction of sp³-hybridized carbons (Fsp3) is 0.292. The monoisotopic (exact) mass is 490 g/mol. The van der Waals surface area contributed by atoms with E-state index in [2.05, 4.69) is 35.9 Å². The molecule has 0 aliphatic rings. The zero-order chi connectivity index (χ0) is 24.7. The average molecular weight is 491 g/mol. The number of aromatic nitrogens is 3. The number of carbonyl (C=O) groups is 1. The fourth-order valence-corrected chi connectivity index (χ4v) is 3.80. The Bertz CT molecular complexity index is 1130. The second-order valence-corrected chi connectivity index (χ2v) is 8.67. The zero-order valence-corrected chi connectivity index (χ0v) is 19.6. The van der Waals surface area contributed by atoms with Crippen LogP contribution in [-0.2, 0) is 24.1 Å². The van der Waals surface area contributed by atoms with Crippen molar-refractivity contribution in [1.82, 2.24) is 14.8 Å². The summed E-state index contributed by atoms with van der Waals surface area (Å²) in [5.41, 5.74) is 1.10. The van der Waals surface area contributed by atoms with Gasteiger partial charge in [0.25, 0.3) is 0 Å². The number of allylic oxidation sites excluding steroid dienone is 1. The highest BCUT2D eigenvalue weighted by molar-refractivity contribution is 7.99. The van der Waals surface area contributed by atoms with Gasteiger partial charge in [0, 0.05) is 12.2 Å². The van der Waals surface area contributed by atoms with Gasteiger partial charge in [0.15, 0.2) is 11.0 Å². The van der Waals surface area contributed by atoms with E-state index in [9.17, 15) is 18.0 Å². The highest BCUT2D eigenvalue weighted by Gasteiger charge is 2.30. The van der Waals surface area contributed by atoms with Gasteiger partial charge in [-0.3, -0.25) is 9.36 Å². The van der Waals surface area contributed by atoms with E-state index in [1.54, 1.807) is 10.6 Å². The number of amides is 1. The van der Waals surface area contributed by atoms with E-state index in [-0.39, 0.29) is 24.0 Å². The molecule has 0 saturated carbocycles. The molecule has 2 aromatic carbocycles. The van der Waals surface area contributed by atoms with E-state index < -0.39 is 11.7 Å². The Hall–Kier alpha value is -3.27. The second-order valence-electron chi connectivity index (χ2n) is 7.73. The Labute approximate surface area is 200 Å². The van der Waals surface area contributed by atoms with Crippen LogP contribution in [0.4, 0.5) is 18.9 Å². The van der Waals surface area contributed by atoms with Crippen LogP contribution < -0.4 is 10.1 Å². The number of ether oxygens (including phenoxy) is 1. The summed E-state index contributed by atoms with van der Waals surface area (Å²) in [7, 11) is 0. The Morgan fingerprint density at radius 2 is 1.94 bits per heavy atom. The topological polar surface area (TPSA) is 69.0 Å². The molecular weight excluding hydrogens is 465 g/mol. The number of anilines is 1. The Kier molecular flexibility index (Phi) is 8.38. The lowest BCUT2D eigenvalue weighted by Crippen LogP contribution is -2.15. The van der Waals surface area contributed by atoms with E-state index in [1.165, 1.54) is 29.5 Å². The van der Waals surface area contributed by atoms with Gasteiger partial charge in [0.2, 0.25) is 5.91 Å². The van der Waals surface area contributed by atoms with Gasteiger partial charge >= 0.3 is 6.18 Å². The number of rotatable bonds is 10. The maximum absolute atomic E-state index is 12.9. The van der Waals surface area contributed by atoms with Gasteiger partial charge in [-0.2, -0.15) is 13.2 Å². The minimum absolute atomic E-state index is 0.0695. The van der Waals surface area contributed by atoms with Crippen molar-refractivity contribution in [2.75, 3.05) is 11.1 Å². The molecule has 3 aromatic rings. The van der Waals surface area contributed by atoms with Crippen LogP contribution >= 0.6 is 11.8 Å². The fourth-order valence-electron chi connectivity index (χ4n) is 3.03. The minimum Gasteiger partial charge on any atom is -0.486 e. The molecule has 0 aliphatic carbocycles. The van der Waals surface area contributed by atoms with Crippen molar-refractivity contribution < 1.29 is 22.7 Å². The number of hydrogen-bond acceptors (Lipinski definition) is 5. The van der Waals surface area contributed by atoms with Crippen LogP contribution in [0.5, 0.6) is 5.75 Å². The lowest BCUT2D eigenvalue weighted by Gasteiger charge is -2.11. The lowest BCUT2D eigenvalue weighted by atomic mass is 10.0. The maximum Gasteiger partial charge on any atom is 0.416 e. The molecule has 180 valence electrons. The third kappa shape index (κ3) is 6.86. The first-order chi connectivity index (χ1) is 16.2. The van der Waals surface area contributed by atoms with Crippen molar-refractivity contribution in [3.63, 3.8) is 0 Å².